The molecule has 0 amide bonds. The van der Waals surface area contributed by atoms with Crippen molar-refractivity contribution >= 4 is 50.6 Å². The first-order valence-electron chi connectivity index (χ1n) is 7.62. The van der Waals surface area contributed by atoms with E-state index in [1.807, 2.05) is 0 Å². The van der Waals surface area contributed by atoms with Crippen molar-refractivity contribution in [1.82, 2.24) is 9.78 Å². The summed E-state index contributed by atoms with van der Waals surface area (Å²) in [5, 5.41) is 5.24. The van der Waals surface area contributed by atoms with Gasteiger partial charge in [-0.3, -0.25) is 9.40 Å². The first-order valence-corrected chi connectivity index (χ1v) is 10.2. The number of nitrogens with zero attached hydrogens (tertiary/aromatic N) is 2. The van der Waals surface area contributed by atoms with E-state index in [0.29, 0.717) is 22.3 Å². The maximum Gasteiger partial charge on any atom is 0.263 e. The third kappa shape index (κ3) is 4.68. The van der Waals surface area contributed by atoms with Gasteiger partial charge in [0.25, 0.3) is 10.0 Å². The fourth-order valence-corrected chi connectivity index (χ4v) is 3.91. The number of benzene rings is 2. The van der Waals surface area contributed by atoms with Crippen LogP contribution in [-0.2, 0) is 16.6 Å². The number of methoxy groups -OCH3 is 1. The zero-order valence-electron chi connectivity index (χ0n) is 14.0. The van der Waals surface area contributed by atoms with Crippen molar-refractivity contribution in [3.63, 3.8) is 0 Å². The van der Waals surface area contributed by atoms with Crippen LogP contribution < -0.4 is 9.46 Å². The van der Waals surface area contributed by atoms with Crippen LogP contribution in [0.5, 0.6) is 5.75 Å². The maximum absolute atomic E-state index is 12.5. The molecule has 0 saturated carbocycles. The summed E-state index contributed by atoms with van der Waals surface area (Å²) in [6.45, 7) is 0.348. The van der Waals surface area contributed by atoms with Crippen LogP contribution in [0.4, 0.5) is 5.82 Å². The first-order chi connectivity index (χ1) is 12.8. The quantitative estimate of drug-likeness (QED) is 0.595. The van der Waals surface area contributed by atoms with Gasteiger partial charge in [-0.05, 0) is 42.0 Å². The number of rotatable bonds is 6. The molecule has 1 aromatic heterocycles. The Kier molecular flexibility index (Phi) is 5.86. The number of hydrogen-bond acceptors (Lipinski definition) is 4. The zero-order chi connectivity index (χ0) is 19.6. The van der Waals surface area contributed by atoms with Crippen molar-refractivity contribution in [3.8, 4) is 5.75 Å². The predicted octanol–water partition coefficient (Wildman–Crippen LogP) is 4.70. The van der Waals surface area contributed by atoms with Crippen molar-refractivity contribution < 1.29 is 13.2 Å². The maximum atomic E-state index is 12.5. The monoisotopic (exact) mass is 445 g/mol. The minimum Gasteiger partial charge on any atom is -0.497 e. The van der Waals surface area contributed by atoms with Crippen LogP contribution in [0.25, 0.3) is 0 Å². The molecule has 0 radical (unpaired) electrons. The third-order valence-corrected chi connectivity index (χ3v) is 6.02. The molecule has 3 rings (SSSR count). The summed E-state index contributed by atoms with van der Waals surface area (Å²) in [6, 6.07) is 11.2. The van der Waals surface area contributed by atoms with Gasteiger partial charge in [0.2, 0.25) is 0 Å². The fraction of sp³-hybridized carbons (Fsp3) is 0.118. The summed E-state index contributed by atoms with van der Waals surface area (Å²) < 4.78 is 33.9. The van der Waals surface area contributed by atoms with E-state index in [4.69, 9.17) is 39.5 Å². The molecule has 0 spiro atoms. The number of anilines is 1. The highest BCUT2D eigenvalue weighted by Crippen LogP contribution is 2.26. The molecule has 0 atom stereocenters. The lowest BCUT2D eigenvalue weighted by Gasteiger charge is -2.07. The van der Waals surface area contributed by atoms with E-state index in [1.165, 1.54) is 30.1 Å². The van der Waals surface area contributed by atoms with Crippen molar-refractivity contribution in [2.45, 2.75) is 11.4 Å². The zero-order valence-corrected chi connectivity index (χ0v) is 17.1. The second-order valence-electron chi connectivity index (χ2n) is 5.55. The normalized spacial score (nSPS) is 11.4. The minimum absolute atomic E-state index is 0.0348. The molecule has 0 unspecified atom stereocenters. The Labute approximate surface area is 171 Å². The van der Waals surface area contributed by atoms with Gasteiger partial charge in [-0.25, -0.2) is 8.42 Å². The molecule has 1 N–H and O–H groups in total. The van der Waals surface area contributed by atoms with E-state index >= 15 is 0 Å². The molecule has 0 aliphatic rings. The third-order valence-electron chi connectivity index (χ3n) is 3.65. The molecule has 3 aromatic rings. The molecular formula is C17H14Cl3N3O3S. The Hall–Kier alpha value is -1.93. The van der Waals surface area contributed by atoms with Crippen LogP contribution >= 0.6 is 34.8 Å². The van der Waals surface area contributed by atoms with Crippen molar-refractivity contribution in [2.24, 2.45) is 0 Å². The average Bonchev–Trinajstić information content (AvgIpc) is 2.96. The van der Waals surface area contributed by atoms with Gasteiger partial charge >= 0.3 is 0 Å². The summed E-state index contributed by atoms with van der Waals surface area (Å²) in [6.07, 6.45) is 1.52. The number of sulfonamides is 1. The summed E-state index contributed by atoms with van der Waals surface area (Å²) in [4.78, 5) is 0.0680. The fourth-order valence-electron chi connectivity index (χ4n) is 2.31. The lowest BCUT2D eigenvalue weighted by Crippen LogP contribution is -2.14. The Morgan fingerprint density at radius 3 is 2.37 bits per heavy atom. The Bertz CT molecular complexity index is 1070. The highest BCUT2D eigenvalue weighted by molar-refractivity contribution is 7.92. The van der Waals surface area contributed by atoms with Gasteiger partial charge in [0.1, 0.15) is 10.8 Å². The smallest absolute Gasteiger partial charge is 0.263 e. The van der Waals surface area contributed by atoms with Gasteiger partial charge in [-0.2, -0.15) is 5.10 Å². The lowest BCUT2D eigenvalue weighted by atomic mass is 10.2. The number of aromatic nitrogens is 2. The molecule has 0 saturated heterocycles. The van der Waals surface area contributed by atoms with E-state index in [-0.39, 0.29) is 15.7 Å². The topological polar surface area (TPSA) is 73.2 Å². The average molecular weight is 447 g/mol. The highest BCUT2D eigenvalue weighted by atomic mass is 35.5. The molecule has 142 valence electrons. The molecule has 27 heavy (non-hydrogen) atoms. The molecule has 0 fully saturated rings. The van der Waals surface area contributed by atoms with Crippen LogP contribution in [0, 0.1) is 0 Å². The summed E-state index contributed by atoms with van der Waals surface area (Å²) in [5.74, 6) is 0.588. The van der Waals surface area contributed by atoms with Crippen LogP contribution in [0.2, 0.25) is 15.1 Å². The predicted molar refractivity (Wildman–Crippen MR) is 107 cm³/mol. The van der Waals surface area contributed by atoms with Gasteiger partial charge < -0.3 is 4.74 Å². The standard InChI is InChI=1S/C17H14Cl3N3O3S/c1-26-12-3-5-13(6-4-12)27(24,25)22-17-16(20)10-23(21-17)9-11-2-7-14(18)15(19)8-11/h2-8,10H,9H2,1H3,(H,21,22). The van der Waals surface area contributed by atoms with Crippen molar-refractivity contribution in [1.29, 1.82) is 0 Å². The van der Waals surface area contributed by atoms with Gasteiger partial charge in [0.05, 0.1) is 28.6 Å². The summed E-state index contributed by atoms with van der Waals surface area (Å²) >= 11 is 18.0. The second kappa shape index (κ2) is 7.98. The van der Waals surface area contributed by atoms with Crippen LogP contribution in [0.3, 0.4) is 0 Å². The van der Waals surface area contributed by atoms with E-state index in [0.717, 1.165) is 5.56 Å². The Balaban J connectivity index is 1.80. The SMILES string of the molecule is COc1ccc(S(=O)(=O)Nc2nn(Cc3ccc(Cl)c(Cl)c3)cc2Cl)cc1. The number of halogens is 3. The van der Waals surface area contributed by atoms with E-state index in [2.05, 4.69) is 9.82 Å². The second-order valence-corrected chi connectivity index (χ2v) is 8.46. The minimum atomic E-state index is -3.84. The molecule has 10 heteroatoms. The number of nitrogens with one attached hydrogen (secondary N) is 1. The molecule has 0 bridgehead atoms. The van der Waals surface area contributed by atoms with Crippen LogP contribution in [0.15, 0.2) is 53.6 Å². The van der Waals surface area contributed by atoms with E-state index in [1.54, 1.807) is 30.3 Å². The van der Waals surface area contributed by atoms with Gasteiger partial charge in [-0.15, -0.1) is 0 Å². The number of hydrogen-bond donors (Lipinski definition) is 1. The molecular weight excluding hydrogens is 433 g/mol. The number of ether oxygens (including phenoxy) is 1. The van der Waals surface area contributed by atoms with Crippen molar-refractivity contribution in [2.75, 3.05) is 11.8 Å². The van der Waals surface area contributed by atoms with Gasteiger partial charge in [0, 0.05) is 6.20 Å². The van der Waals surface area contributed by atoms with E-state index < -0.39 is 10.0 Å². The van der Waals surface area contributed by atoms with Gasteiger partial charge in [0.15, 0.2) is 5.82 Å². The summed E-state index contributed by atoms with van der Waals surface area (Å²) in [5.41, 5.74) is 0.841. The van der Waals surface area contributed by atoms with Crippen molar-refractivity contribution in [3.05, 3.63) is 69.3 Å². The van der Waals surface area contributed by atoms with Gasteiger partial charge in [-0.1, -0.05) is 40.9 Å². The molecule has 6 nitrogen and oxygen atoms in total. The Morgan fingerprint density at radius 2 is 1.74 bits per heavy atom. The lowest BCUT2D eigenvalue weighted by molar-refractivity contribution is 0.414. The summed E-state index contributed by atoms with van der Waals surface area (Å²) in [7, 11) is -2.34. The molecule has 2 aromatic carbocycles. The van der Waals surface area contributed by atoms with E-state index in [9.17, 15) is 8.42 Å². The van der Waals surface area contributed by atoms with Crippen LogP contribution in [-0.4, -0.2) is 25.3 Å². The largest absolute Gasteiger partial charge is 0.497 e. The highest BCUT2D eigenvalue weighted by Gasteiger charge is 2.18. The molecule has 1 heterocycles. The molecule has 0 aliphatic carbocycles. The molecule has 0 aliphatic heterocycles. The first kappa shape index (κ1) is 19.8. The Morgan fingerprint density at radius 1 is 1.04 bits per heavy atom. The van der Waals surface area contributed by atoms with Crippen LogP contribution in [0.1, 0.15) is 5.56 Å².